The number of amides is 2. The molecule has 0 aliphatic carbocycles. The van der Waals surface area contributed by atoms with Crippen LogP contribution in [0.1, 0.15) is 28.4 Å². The zero-order chi connectivity index (χ0) is 18.6. The van der Waals surface area contributed by atoms with Gasteiger partial charge in [-0.05, 0) is 24.1 Å². The minimum Gasteiger partial charge on any atom is -0.350 e. The van der Waals surface area contributed by atoms with E-state index in [1.165, 1.54) is 0 Å². The summed E-state index contributed by atoms with van der Waals surface area (Å²) < 4.78 is 23.2. The molecule has 0 radical (unpaired) electrons. The standard InChI is InChI=1S/C19H20N2O4S/c22-18(15-9-5-2-6-10-15)21-17(14-7-3-1-4-8-14)19(23)20-16-11-12-26(24,25)13-16/h1-10,16-17H,11-13H2,(H,20,23)(H,21,22). The van der Waals surface area contributed by atoms with Crippen LogP contribution < -0.4 is 10.6 Å². The maximum Gasteiger partial charge on any atom is 0.252 e. The van der Waals surface area contributed by atoms with Crippen LogP contribution in [0.4, 0.5) is 0 Å². The van der Waals surface area contributed by atoms with E-state index in [0.717, 1.165) is 0 Å². The first kappa shape index (κ1) is 18.1. The van der Waals surface area contributed by atoms with E-state index in [9.17, 15) is 18.0 Å². The third-order valence-electron chi connectivity index (χ3n) is 4.29. The number of hydrogen-bond acceptors (Lipinski definition) is 4. The minimum absolute atomic E-state index is 0.0626. The van der Waals surface area contributed by atoms with Gasteiger partial charge in [-0.3, -0.25) is 9.59 Å². The predicted molar refractivity (Wildman–Crippen MR) is 98.3 cm³/mol. The fourth-order valence-corrected chi connectivity index (χ4v) is 4.62. The first-order valence-corrected chi connectivity index (χ1v) is 10.2. The van der Waals surface area contributed by atoms with Crippen LogP contribution in [0.3, 0.4) is 0 Å². The second kappa shape index (κ2) is 7.70. The van der Waals surface area contributed by atoms with Crippen molar-refractivity contribution in [1.82, 2.24) is 10.6 Å². The number of benzene rings is 2. The number of rotatable bonds is 5. The molecule has 1 fully saturated rings. The molecule has 136 valence electrons. The van der Waals surface area contributed by atoms with Crippen LogP contribution in [-0.2, 0) is 14.6 Å². The number of sulfone groups is 1. The lowest BCUT2D eigenvalue weighted by Gasteiger charge is -2.21. The molecule has 0 spiro atoms. The Bertz CT molecular complexity index is 882. The quantitative estimate of drug-likeness (QED) is 0.831. The lowest BCUT2D eigenvalue weighted by molar-refractivity contribution is -0.123. The zero-order valence-electron chi connectivity index (χ0n) is 14.1. The van der Waals surface area contributed by atoms with E-state index in [4.69, 9.17) is 0 Å². The summed E-state index contributed by atoms with van der Waals surface area (Å²) in [7, 11) is -3.10. The Hall–Kier alpha value is -2.67. The van der Waals surface area contributed by atoms with E-state index in [2.05, 4.69) is 10.6 Å². The largest absolute Gasteiger partial charge is 0.350 e. The van der Waals surface area contributed by atoms with Gasteiger partial charge in [-0.1, -0.05) is 48.5 Å². The minimum atomic E-state index is -3.10. The highest BCUT2D eigenvalue weighted by molar-refractivity contribution is 7.91. The van der Waals surface area contributed by atoms with Gasteiger partial charge in [0.25, 0.3) is 5.91 Å². The molecule has 2 unspecified atom stereocenters. The fourth-order valence-electron chi connectivity index (χ4n) is 2.94. The summed E-state index contributed by atoms with van der Waals surface area (Å²) in [5.41, 5.74) is 1.08. The Labute approximate surface area is 152 Å². The Morgan fingerprint density at radius 2 is 1.58 bits per heavy atom. The number of carbonyl (C=O) groups is 2. The first-order chi connectivity index (χ1) is 12.4. The molecule has 1 heterocycles. The van der Waals surface area contributed by atoms with Crippen molar-refractivity contribution in [1.29, 1.82) is 0 Å². The van der Waals surface area contributed by atoms with Gasteiger partial charge in [0.1, 0.15) is 6.04 Å². The fraction of sp³-hybridized carbons (Fsp3) is 0.263. The molecule has 2 atom stereocenters. The van der Waals surface area contributed by atoms with E-state index in [-0.39, 0.29) is 17.4 Å². The summed E-state index contributed by atoms with van der Waals surface area (Å²) in [5.74, 6) is -0.770. The molecule has 0 saturated carbocycles. The monoisotopic (exact) mass is 372 g/mol. The number of nitrogens with one attached hydrogen (secondary N) is 2. The van der Waals surface area contributed by atoms with Gasteiger partial charge in [0.2, 0.25) is 5.91 Å². The maximum absolute atomic E-state index is 12.8. The molecule has 1 saturated heterocycles. The first-order valence-electron chi connectivity index (χ1n) is 8.36. The summed E-state index contributed by atoms with van der Waals surface area (Å²) in [6, 6.07) is 16.2. The molecule has 1 aliphatic heterocycles. The van der Waals surface area contributed by atoms with Crippen LogP contribution in [-0.4, -0.2) is 37.8 Å². The molecular formula is C19H20N2O4S. The molecule has 6 nitrogen and oxygen atoms in total. The average Bonchev–Trinajstić information content (AvgIpc) is 2.99. The van der Waals surface area contributed by atoms with Gasteiger partial charge in [0, 0.05) is 11.6 Å². The summed E-state index contributed by atoms with van der Waals surface area (Å²) >= 11 is 0. The van der Waals surface area contributed by atoms with Crippen molar-refractivity contribution in [3.8, 4) is 0 Å². The summed E-state index contributed by atoms with van der Waals surface area (Å²) in [6.07, 6.45) is 0.391. The molecule has 0 aromatic heterocycles. The highest BCUT2D eigenvalue weighted by Gasteiger charge is 2.32. The van der Waals surface area contributed by atoms with Crippen LogP contribution in [0.15, 0.2) is 60.7 Å². The topological polar surface area (TPSA) is 92.3 Å². The Balaban J connectivity index is 1.77. The van der Waals surface area contributed by atoms with Crippen molar-refractivity contribution in [3.63, 3.8) is 0 Å². The van der Waals surface area contributed by atoms with Crippen molar-refractivity contribution in [2.45, 2.75) is 18.5 Å². The van der Waals surface area contributed by atoms with E-state index in [1.54, 1.807) is 54.6 Å². The molecule has 26 heavy (non-hydrogen) atoms. The molecule has 7 heteroatoms. The van der Waals surface area contributed by atoms with Gasteiger partial charge in [0.05, 0.1) is 11.5 Å². The number of hydrogen-bond donors (Lipinski definition) is 2. The van der Waals surface area contributed by atoms with Gasteiger partial charge >= 0.3 is 0 Å². The van der Waals surface area contributed by atoms with E-state index >= 15 is 0 Å². The van der Waals surface area contributed by atoms with Crippen LogP contribution in [0.2, 0.25) is 0 Å². The van der Waals surface area contributed by atoms with Crippen molar-refractivity contribution >= 4 is 21.7 Å². The normalized spacial score (nSPS) is 19.5. The third-order valence-corrected chi connectivity index (χ3v) is 6.05. The maximum atomic E-state index is 12.8. The average molecular weight is 372 g/mol. The smallest absolute Gasteiger partial charge is 0.252 e. The third kappa shape index (κ3) is 4.49. The predicted octanol–water partition coefficient (Wildman–Crippen LogP) is 1.46. The molecule has 2 amide bonds. The molecule has 2 aromatic rings. The molecule has 2 aromatic carbocycles. The SMILES string of the molecule is O=C(NC(C(=O)NC1CCS(=O)(=O)C1)c1ccccc1)c1ccccc1. The molecule has 2 N–H and O–H groups in total. The zero-order valence-corrected chi connectivity index (χ0v) is 14.9. The number of carbonyl (C=O) groups excluding carboxylic acids is 2. The lowest BCUT2D eigenvalue weighted by atomic mass is 10.0. The Morgan fingerprint density at radius 3 is 2.15 bits per heavy atom. The molecule has 3 rings (SSSR count). The van der Waals surface area contributed by atoms with Gasteiger partial charge < -0.3 is 10.6 Å². The van der Waals surface area contributed by atoms with Crippen molar-refractivity contribution in [2.24, 2.45) is 0 Å². The van der Waals surface area contributed by atoms with E-state index < -0.39 is 27.8 Å². The van der Waals surface area contributed by atoms with Gasteiger partial charge in [-0.25, -0.2) is 8.42 Å². The highest BCUT2D eigenvalue weighted by Crippen LogP contribution is 2.17. The Kier molecular flexibility index (Phi) is 5.37. The summed E-state index contributed by atoms with van der Waals surface area (Å²) in [5, 5.41) is 5.50. The summed E-state index contributed by atoms with van der Waals surface area (Å²) in [4.78, 5) is 25.2. The van der Waals surface area contributed by atoms with E-state index in [1.807, 2.05) is 6.07 Å². The lowest BCUT2D eigenvalue weighted by Crippen LogP contribution is -2.44. The molecular weight excluding hydrogens is 352 g/mol. The van der Waals surface area contributed by atoms with Gasteiger partial charge in [-0.15, -0.1) is 0 Å². The highest BCUT2D eigenvalue weighted by atomic mass is 32.2. The van der Waals surface area contributed by atoms with Crippen LogP contribution in [0, 0.1) is 0 Å². The van der Waals surface area contributed by atoms with Crippen LogP contribution in [0.25, 0.3) is 0 Å². The second-order valence-corrected chi connectivity index (χ2v) is 8.52. The van der Waals surface area contributed by atoms with Crippen LogP contribution >= 0.6 is 0 Å². The molecule has 0 bridgehead atoms. The van der Waals surface area contributed by atoms with Crippen molar-refractivity contribution in [2.75, 3.05) is 11.5 Å². The van der Waals surface area contributed by atoms with Crippen molar-refractivity contribution in [3.05, 3.63) is 71.8 Å². The van der Waals surface area contributed by atoms with E-state index in [0.29, 0.717) is 17.5 Å². The van der Waals surface area contributed by atoms with Crippen molar-refractivity contribution < 1.29 is 18.0 Å². The Morgan fingerprint density at radius 1 is 0.962 bits per heavy atom. The van der Waals surface area contributed by atoms with Gasteiger partial charge in [-0.2, -0.15) is 0 Å². The van der Waals surface area contributed by atoms with Crippen LogP contribution in [0.5, 0.6) is 0 Å². The summed E-state index contributed by atoms with van der Waals surface area (Å²) in [6.45, 7) is 0. The van der Waals surface area contributed by atoms with Gasteiger partial charge in [0.15, 0.2) is 9.84 Å². The second-order valence-electron chi connectivity index (χ2n) is 6.29. The molecule has 1 aliphatic rings.